The molecule has 1 aromatic carbocycles. The molecule has 0 spiro atoms. The smallest absolute Gasteiger partial charge is 0.220 e. The summed E-state index contributed by atoms with van der Waals surface area (Å²) in [6, 6.07) is 8.99. The van der Waals surface area contributed by atoms with Crippen molar-refractivity contribution in [2.45, 2.75) is 57.3 Å². The molecule has 2 fully saturated rings. The highest BCUT2D eigenvalue weighted by atomic mass is 16.3. The average Bonchev–Trinajstić information content (AvgIpc) is 2.84. The number of amides is 1. The van der Waals surface area contributed by atoms with Crippen molar-refractivity contribution in [1.29, 1.82) is 0 Å². The summed E-state index contributed by atoms with van der Waals surface area (Å²) in [7, 11) is 0. The fraction of sp³-hybridized carbons (Fsp3) is 0.588. The molecular weight excluding hydrogens is 264 g/mol. The molecule has 3 rings (SSSR count). The van der Waals surface area contributed by atoms with Gasteiger partial charge in [-0.2, -0.15) is 0 Å². The Morgan fingerprint density at radius 3 is 2.67 bits per heavy atom. The molecule has 2 bridgehead atoms. The topological polar surface area (TPSA) is 61.4 Å². The molecule has 2 aliphatic heterocycles. The van der Waals surface area contributed by atoms with E-state index in [1.807, 2.05) is 24.3 Å². The maximum atomic E-state index is 12.1. The standard InChI is InChI=1S/C17H24N2O2/c20-11-13-3-1-2-12(6-13)10-18-17(21)9-14-7-15-4-5-16(8-14)19-15/h1-3,6,14-16,19-20H,4-5,7-11H2,(H,18,21). The fourth-order valence-electron chi connectivity index (χ4n) is 3.71. The monoisotopic (exact) mass is 288 g/mol. The first kappa shape index (κ1) is 14.5. The molecule has 2 unspecified atom stereocenters. The minimum absolute atomic E-state index is 0.0413. The quantitative estimate of drug-likeness (QED) is 0.773. The lowest BCUT2D eigenvalue weighted by atomic mass is 9.89. The number of nitrogens with one attached hydrogen (secondary N) is 2. The van der Waals surface area contributed by atoms with Gasteiger partial charge in [-0.1, -0.05) is 24.3 Å². The lowest BCUT2D eigenvalue weighted by Gasteiger charge is -2.28. The summed E-state index contributed by atoms with van der Waals surface area (Å²) in [5.41, 5.74) is 1.93. The summed E-state index contributed by atoms with van der Waals surface area (Å²) < 4.78 is 0. The van der Waals surface area contributed by atoms with Gasteiger partial charge in [0.25, 0.3) is 0 Å². The number of carbonyl (C=O) groups excluding carboxylic acids is 1. The highest BCUT2D eigenvalue weighted by molar-refractivity contribution is 5.76. The lowest BCUT2D eigenvalue weighted by Crippen LogP contribution is -2.39. The van der Waals surface area contributed by atoms with E-state index in [1.54, 1.807) is 0 Å². The second-order valence-electron chi connectivity index (χ2n) is 6.43. The summed E-state index contributed by atoms with van der Waals surface area (Å²) in [5, 5.41) is 15.7. The van der Waals surface area contributed by atoms with Gasteiger partial charge < -0.3 is 15.7 Å². The van der Waals surface area contributed by atoms with Crippen molar-refractivity contribution in [1.82, 2.24) is 10.6 Å². The Kier molecular flexibility index (Phi) is 4.56. The number of hydrogen-bond donors (Lipinski definition) is 3. The maximum absolute atomic E-state index is 12.1. The van der Waals surface area contributed by atoms with E-state index >= 15 is 0 Å². The van der Waals surface area contributed by atoms with Crippen LogP contribution in [0.3, 0.4) is 0 Å². The van der Waals surface area contributed by atoms with Crippen molar-refractivity contribution in [2.24, 2.45) is 5.92 Å². The molecule has 1 aromatic rings. The van der Waals surface area contributed by atoms with Gasteiger partial charge in [0.1, 0.15) is 0 Å². The zero-order chi connectivity index (χ0) is 14.7. The Morgan fingerprint density at radius 1 is 1.24 bits per heavy atom. The highest BCUT2D eigenvalue weighted by Crippen LogP contribution is 2.32. The molecule has 0 saturated carbocycles. The van der Waals surface area contributed by atoms with E-state index < -0.39 is 0 Å². The van der Waals surface area contributed by atoms with Crippen LogP contribution in [0.25, 0.3) is 0 Å². The average molecular weight is 288 g/mol. The van der Waals surface area contributed by atoms with Crippen LogP contribution in [-0.2, 0) is 17.9 Å². The van der Waals surface area contributed by atoms with Gasteiger partial charge in [-0.15, -0.1) is 0 Å². The SMILES string of the molecule is O=C(CC1CC2CCC(C1)N2)NCc1cccc(CO)c1. The van der Waals surface area contributed by atoms with Crippen molar-refractivity contribution in [2.75, 3.05) is 0 Å². The molecule has 0 radical (unpaired) electrons. The second-order valence-corrected chi connectivity index (χ2v) is 6.43. The summed E-state index contributed by atoms with van der Waals surface area (Å²) in [6.07, 6.45) is 5.48. The van der Waals surface area contributed by atoms with Crippen LogP contribution < -0.4 is 10.6 Å². The first-order valence-corrected chi connectivity index (χ1v) is 7.94. The Balaban J connectivity index is 1.46. The number of aliphatic hydroxyl groups excluding tert-OH is 1. The van der Waals surface area contributed by atoms with E-state index in [4.69, 9.17) is 5.11 Å². The Labute approximate surface area is 125 Å². The molecule has 3 N–H and O–H groups in total. The number of carbonyl (C=O) groups is 1. The molecule has 4 heteroatoms. The first-order valence-electron chi connectivity index (χ1n) is 7.94. The van der Waals surface area contributed by atoms with Gasteiger partial charge in [0, 0.05) is 25.0 Å². The van der Waals surface area contributed by atoms with Gasteiger partial charge in [0.05, 0.1) is 6.61 Å². The normalized spacial score (nSPS) is 27.6. The maximum Gasteiger partial charge on any atom is 0.220 e. The van der Waals surface area contributed by atoms with E-state index in [1.165, 1.54) is 12.8 Å². The van der Waals surface area contributed by atoms with Crippen LogP contribution in [0.1, 0.15) is 43.2 Å². The van der Waals surface area contributed by atoms with Gasteiger partial charge in [-0.05, 0) is 42.7 Å². The predicted molar refractivity (Wildman–Crippen MR) is 81.5 cm³/mol. The number of aliphatic hydroxyl groups is 1. The number of fused-ring (bicyclic) bond motifs is 2. The van der Waals surface area contributed by atoms with Crippen LogP contribution in [-0.4, -0.2) is 23.1 Å². The van der Waals surface area contributed by atoms with Crippen LogP contribution in [0.2, 0.25) is 0 Å². The molecule has 21 heavy (non-hydrogen) atoms. The third-order valence-electron chi connectivity index (χ3n) is 4.71. The van der Waals surface area contributed by atoms with E-state index in [0.29, 0.717) is 31.0 Å². The molecule has 0 aliphatic carbocycles. The zero-order valence-electron chi connectivity index (χ0n) is 12.3. The summed E-state index contributed by atoms with van der Waals surface area (Å²) in [4.78, 5) is 12.1. The van der Waals surface area contributed by atoms with Crippen LogP contribution in [0.5, 0.6) is 0 Å². The molecular formula is C17H24N2O2. The fourth-order valence-corrected chi connectivity index (χ4v) is 3.71. The van der Waals surface area contributed by atoms with Crippen LogP contribution in [0.4, 0.5) is 0 Å². The molecule has 2 aliphatic rings. The van der Waals surface area contributed by atoms with E-state index in [-0.39, 0.29) is 12.5 Å². The zero-order valence-corrected chi connectivity index (χ0v) is 12.3. The highest BCUT2D eigenvalue weighted by Gasteiger charge is 2.34. The van der Waals surface area contributed by atoms with E-state index in [0.717, 1.165) is 24.0 Å². The van der Waals surface area contributed by atoms with Gasteiger partial charge in [0.15, 0.2) is 0 Å². The Morgan fingerprint density at radius 2 is 1.95 bits per heavy atom. The van der Waals surface area contributed by atoms with Gasteiger partial charge in [0.2, 0.25) is 5.91 Å². The molecule has 2 saturated heterocycles. The third kappa shape index (κ3) is 3.83. The molecule has 114 valence electrons. The van der Waals surface area contributed by atoms with Crippen molar-refractivity contribution >= 4 is 5.91 Å². The predicted octanol–water partition coefficient (Wildman–Crippen LogP) is 1.72. The number of benzene rings is 1. The summed E-state index contributed by atoms with van der Waals surface area (Å²) in [6.45, 7) is 0.587. The summed E-state index contributed by atoms with van der Waals surface area (Å²) in [5.74, 6) is 0.684. The second kappa shape index (κ2) is 6.58. The molecule has 2 heterocycles. The van der Waals surface area contributed by atoms with E-state index in [2.05, 4.69) is 10.6 Å². The first-order chi connectivity index (χ1) is 10.2. The largest absolute Gasteiger partial charge is 0.392 e. The van der Waals surface area contributed by atoms with Crippen LogP contribution in [0, 0.1) is 5.92 Å². The number of hydrogen-bond acceptors (Lipinski definition) is 3. The minimum atomic E-state index is 0.0413. The Bertz CT molecular complexity index is 491. The van der Waals surface area contributed by atoms with E-state index in [9.17, 15) is 4.79 Å². The van der Waals surface area contributed by atoms with Gasteiger partial charge >= 0.3 is 0 Å². The third-order valence-corrected chi connectivity index (χ3v) is 4.71. The van der Waals surface area contributed by atoms with Crippen LogP contribution in [0.15, 0.2) is 24.3 Å². The van der Waals surface area contributed by atoms with Crippen molar-refractivity contribution in [3.63, 3.8) is 0 Å². The number of piperidine rings is 1. The van der Waals surface area contributed by atoms with Crippen LogP contribution >= 0.6 is 0 Å². The number of rotatable bonds is 5. The van der Waals surface area contributed by atoms with Gasteiger partial charge in [-0.3, -0.25) is 4.79 Å². The molecule has 4 nitrogen and oxygen atoms in total. The minimum Gasteiger partial charge on any atom is -0.392 e. The molecule has 2 atom stereocenters. The molecule has 0 aromatic heterocycles. The van der Waals surface area contributed by atoms with Crippen molar-refractivity contribution < 1.29 is 9.90 Å². The molecule has 1 amide bonds. The summed E-state index contributed by atoms with van der Waals surface area (Å²) >= 11 is 0. The van der Waals surface area contributed by atoms with Crippen molar-refractivity contribution in [3.8, 4) is 0 Å². The lowest BCUT2D eigenvalue weighted by molar-refractivity contribution is -0.122. The Hall–Kier alpha value is -1.39. The van der Waals surface area contributed by atoms with Crippen molar-refractivity contribution in [3.05, 3.63) is 35.4 Å². The van der Waals surface area contributed by atoms with Gasteiger partial charge in [-0.25, -0.2) is 0 Å².